The normalized spacial score (nSPS) is 18.9. The first kappa shape index (κ1) is 14.9. The van der Waals surface area contributed by atoms with Crippen LogP contribution in [0.1, 0.15) is 24.8 Å². The molecule has 3 nitrogen and oxygen atoms in total. The van der Waals surface area contributed by atoms with Crippen LogP contribution in [0.3, 0.4) is 0 Å². The van der Waals surface area contributed by atoms with Gasteiger partial charge in [-0.25, -0.2) is 4.39 Å². The van der Waals surface area contributed by atoms with Gasteiger partial charge >= 0.3 is 0 Å². The Kier molecular flexibility index (Phi) is 5.56. The van der Waals surface area contributed by atoms with E-state index in [1.54, 1.807) is 19.1 Å². The van der Waals surface area contributed by atoms with Crippen molar-refractivity contribution in [3.05, 3.63) is 29.6 Å². The molecule has 0 bridgehead atoms. The number of carbonyl (C=O) groups is 1. The summed E-state index contributed by atoms with van der Waals surface area (Å²) in [5.41, 5.74) is 1.20. The highest BCUT2D eigenvalue weighted by atomic mass is 35.5. The second kappa shape index (κ2) is 6.71. The molecule has 18 heavy (non-hydrogen) atoms. The van der Waals surface area contributed by atoms with E-state index in [4.69, 9.17) is 0 Å². The van der Waals surface area contributed by atoms with Gasteiger partial charge in [-0.15, -0.1) is 12.4 Å². The average molecular weight is 273 g/mol. The maximum absolute atomic E-state index is 13.1. The summed E-state index contributed by atoms with van der Waals surface area (Å²) in [5.74, 6) is -0.283. The second-order valence-corrected chi connectivity index (χ2v) is 4.46. The number of hydrogen-bond donors (Lipinski definition) is 2. The molecule has 0 saturated carbocycles. The van der Waals surface area contributed by atoms with E-state index in [0.29, 0.717) is 11.3 Å². The molecule has 0 radical (unpaired) electrons. The van der Waals surface area contributed by atoms with E-state index in [1.807, 2.05) is 0 Å². The molecule has 1 aliphatic rings. The van der Waals surface area contributed by atoms with E-state index < -0.39 is 0 Å². The van der Waals surface area contributed by atoms with E-state index in [9.17, 15) is 9.18 Å². The molecule has 2 N–H and O–H groups in total. The molecular weight excluding hydrogens is 255 g/mol. The van der Waals surface area contributed by atoms with Crippen molar-refractivity contribution >= 4 is 24.0 Å². The summed E-state index contributed by atoms with van der Waals surface area (Å²) < 4.78 is 13.1. The average Bonchev–Trinajstić information content (AvgIpc) is 2.35. The van der Waals surface area contributed by atoms with Crippen LogP contribution in [0.2, 0.25) is 0 Å². The Labute approximate surface area is 113 Å². The second-order valence-electron chi connectivity index (χ2n) is 4.46. The van der Waals surface area contributed by atoms with E-state index in [-0.39, 0.29) is 30.2 Å². The number of benzene rings is 1. The Balaban J connectivity index is 0.00000162. The smallest absolute Gasteiger partial charge is 0.241 e. The standard InChI is InChI=1S/C13H17FN2O.ClH/c1-9-8-10(5-6-11(9)14)16-13(17)12-4-2-3-7-15-12;/h5-6,8,12,15H,2-4,7H2,1H3,(H,16,17);1H/t12-;/m1./s1. The molecule has 0 spiro atoms. The zero-order chi connectivity index (χ0) is 12.3. The Hall–Kier alpha value is -1.13. The van der Waals surface area contributed by atoms with Crippen LogP contribution in [0.5, 0.6) is 0 Å². The topological polar surface area (TPSA) is 41.1 Å². The van der Waals surface area contributed by atoms with Crippen molar-refractivity contribution in [1.29, 1.82) is 0 Å². The Morgan fingerprint density at radius 3 is 2.83 bits per heavy atom. The first-order valence-corrected chi connectivity index (χ1v) is 5.97. The molecule has 2 rings (SSSR count). The predicted octanol–water partition coefficient (Wildman–Crippen LogP) is 2.64. The molecule has 5 heteroatoms. The third-order valence-electron chi connectivity index (χ3n) is 3.05. The Bertz CT molecular complexity index is 419. The van der Waals surface area contributed by atoms with E-state index in [2.05, 4.69) is 10.6 Å². The number of halogens is 2. The van der Waals surface area contributed by atoms with Crippen LogP contribution in [0.4, 0.5) is 10.1 Å². The van der Waals surface area contributed by atoms with Gasteiger partial charge in [0, 0.05) is 5.69 Å². The minimum Gasteiger partial charge on any atom is -0.325 e. The monoisotopic (exact) mass is 272 g/mol. The summed E-state index contributed by atoms with van der Waals surface area (Å²) in [6.07, 6.45) is 3.07. The fourth-order valence-electron chi connectivity index (χ4n) is 2.03. The fourth-order valence-corrected chi connectivity index (χ4v) is 2.03. The lowest BCUT2D eigenvalue weighted by molar-refractivity contribution is -0.118. The molecule has 0 unspecified atom stereocenters. The quantitative estimate of drug-likeness (QED) is 0.869. The van der Waals surface area contributed by atoms with Crippen LogP contribution in [-0.2, 0) is 4.79 Å². The lowest BCUT2D eigenvalue weighted by atomic mass is 10.0. The van der Waals surface area contributed by atoms with Crippen molar-refractivity contribution in [2.45, 2.75) is 32.2 Å². The molecule has 1 saturated heterocycles. The summed E-state index contributed by atoms with van der Waals surface area (Å²) in [6.45, 7) is 2.57. The van der Waals surface area contributed by atoms with Gasteiger partial charge in [-0.2, -0.15) is 0 Å². The van der Waals surface area contributed by atoms with Crippen molar-refractivity contribution in [2.24, 2.45) is 0 Å². The zero-order valence-corrected chi connectivity index (χ0v) is 11.1. The lowest BCUT2D eigenvalue weighted by Crippen LogP contribution is -2.43. The maximum atomic E-state index is 13.1. The van der Waals surface area contributed by atoms with Gasteiger partial charge in [-0.3, -0.25) is 4.79 Å². The number of anilines is 1. The molecule has 1 fully saturated rings. The maximum Gasteiger partial charge on any atom is 0.241 e. The van der Waals surface area contributed by atoms with Crippen LogP contribution in [0, 0.1) is 12.7 Å². The van der Waals surface area contributed by atoms with Gasteiger partial charge in [0.2, 0.25) is 5.91 Å². The zero-order valence-electron chi connectivity index (χ0n) is 10.3. The third kappa shape index (κ3) is 3.68. The van der Waals surface area contributed by atoms with Crippen LogP contribution in [0.25, 0.3) is 0 Å². The molecule has 0 aliphatic carbocycles. The molecule has 1 aromatic carbocycles. The van der Waals surface area contributed by atoms with Crippen molar-refractivity contribution < 1.29 is 9.18 Å². The SMILES string of the molecule is Cc1cc(NC(=O)[C@H]2CCCCN2)ccc1F.Cl. The van der Waals surface area contributed by atoms with Gasteiger partial charge in [0.1, 0.15) is 5.82 Å². The third-order valence-corrected chi connectivity index (χ3v) is 3.05. The summed E-state index contributed by atoms with van der Waals surface area (Å²) in [6, 6.07) is 4.49. The number of hydrogen-bond acceptors (Lipinski definition) is 2. The van der Waals surface area contributed by atoms with Gasteiger partial charge in [0.25, 0.3) is 0 Å². The van der Waals surface area contributed by atoms with Crippen molar-refractivity contribution in [1.82, 2.24) is 5.32 Å². The number of rotatable bonds is 2. The van der Waals surface area contributed by atoms with Crippen LogP contribution >= 0.6 is 12.4 Å². The molecule has 1 aliphatic heterocycles. The summed E-state index contributed by atoms with van der Waals surface area (Å²) in [4.78, 5) is 11.9. The van der Waals surface area contributed by atoms with E-state index in [0.717, 1.165) is 25.8 Å². The van der Waals surface area contributed by atoms with E-state index >= 15 is 0 Å². The van der Waals surface area contributed by atoms with Crippen LogP contribution in [0.15, 0.2) is 18.2 Å². The van der Waals surface area contributed by atoms with Crippen molar-refractivity contribution in [3.8, 4) is 0 Å². The summed E-state index contributed by atoms with van der Waals surface area (Å²) in [5, 5.41) is 5.99. The lowest BCUT2D eigenvalue weighted by Gasteiger charge is -2.22. The molecule has 1 aromatic rings. The molecule has 1 heterocycles. The minimum absolute atomic E-state index is 0. The molecule has 1 amide bonds. The molecule has 1 atom stereocenters. The summed E-state index contributed by atoms with van der Waals surface area (Å²) in [7, 11) is 0. The van der Waals surface area contributed by atoms with Gasteiger partial charge in [-0.05, 0) is 50.1 Å². The first-order valence-electron chi connectivity index (χ1n) is 5.97. The van der Waals surface area contributed by atoms with Gasteiger partial charge in [0.05, 0.1) is 6.04 Å². The Morgan fingerprint density at radius 2 is 2.22 bits per heavy atom. The predicted molar refractivity (Wildman–Crippen MR) is 72.7 cm³/mol. The number of amides is 1. The number of aryl methyl sites for hydroxylation is 1. The van der Waals surface area contributed by atoms with Crippen molar-refractivity contribution in [2.75, 3.05) is 11.9 Å². The van der Waals surface area contributed by atoms with Gasteiger partial charge in [0.15, 0.2) is 0 Å². The molecule has 100 valence electrons. The Morgan fingerprint density at radius 1 is 1.44 bits per heavy atom. The minimum atomic E-state index is -0.251. The largest absolute Gasteiger partial charge is 0.325 e. The van der Waals surface area contributed by atoms with Crippen molar-refractivity contribution in [3.63, 3.8) is 0 Å². The van der Waals surface area contributed by atoms with E-state index in [1.165, 1.54) is 6.07 Å². The highest BCUT2D eigenvalue weighted by molar-refractivity contribution is 5.94. The summed E-state index contributed by atoms with van der Waals surface area (Å²) >= 11 is 0. The highest BCUT2D eigenvalue weighted by Crippen LogP contribution is 2.15. The van der Waals surface area contributed by atoms with Gasteiger partial charge in [-0.1, -0.05) is 6.42 Å². The number of nitrogens with one attached hydrogen (secondary N) is 2. The number of carbonyl (C=O) groups excluding carboxylic acids is 1. The molecular formula is C13H18ClFN2O. The van der Waals surface area contributed by atoms with Crippen LogP contribution in [-0.4, -0.2) is 18.5 Å². The fraction of sp³-hybridized carbons (Fsp3) is 0.462. The van der Waals surface area contributed by atoms with Gasteiger partial charge < -0.3 is 10.6 Å². The number of piperidine rings is 1. The van der Waals surface area contributed by atoms with Crippen LogP contribution < -0.4 is 10.6 Å². The highest BCUT2D eigenvalue weighted by Gasteiger charge is 2.20. The first-order chi connectivity index (χ1) is 8.16. The molecule has 0 aromatic heterocycles.